The monoisotopic (exact) mass is 370 g/mol. The number of nitrogens with one attached hydrogen (secondary N) is 1. The number of halogens is 1. The molecule has 0 atom stereocenters. The molecule has 0 aromatic heterocycles. The molecule has 0 unspecified atom stereocenters. The summed E-state index contributed by atoms with van der Waals surface area (Å²) in [6.45, 7) is 5.19. The van der Waals surface area contributed by atoms with Crippen molar-refractivity contribution in [1.82, 2.24) is 4.90 Å². The molecule has 2 amide bonds. The Morgan fingerprint density at radius 3 is 2.31 bits per heavy atom. The Hall–Kier alpha value is -2.33. The summed E-state index contributed by atoms with van der Waals surface area (Å²) in [5, 5.41) is 3.57. The largest absolute Gasteiger partial charge is 0.339 e. The standard InChI is InChI=1S/C21H23ClN2O2/c1-14-10-15(2)12-19(11-14)23-20(25)16-6-8-24(9-7-16)21(26)17-4-3-5-18(22)13-17/h3-5,10-13,16H,6-9H2,1-2H3,(H,23,25). The average Bonchev–Trinajstić information content (AvgIpc) is 2.60. The van der Waals surface area contributed by atoms with E-state index < -0.39 is 0 Å². The average molecular weight is 371 g/mol. The summed E-state index contributed by atoms with van der Waals surface area (Å²) in [5.41, 5.74) is 3.69. The lowest BCUT2D eigenvalue weighted by molar-refractivity contribution is -0.121. The van der Waals surface area contributed by atoms with E-state index in [1.165, 1.54) is 0 Å². The number of likely N-dealkylation sites (tertiary alicyclic amines) is 1. The lowest BCUT2D eigenvalue weighted by Crippen LogP contribution is -2.41. The van der Waals surface area contributed by atoms with Gasteiger partial charge in [0.05, 0.1) is 0 Å². The van der Waals surface area contributed by atoms with Gasteiger partial charge in [-0.25, -0.2) is 0 Å². The molecule has 0 saturated carbocycles. The summed E-state index contributed by atoms with van der Waals surface area (Å²) in [5.74, 6) is -0.0650. The van der Waals surface area contributed by atoms with Crippen molar-refractivity contribution in [1.29, 1.82) is 0 Å². The topological polar surface area (TPSA) is 49.4 Å². The summed E-state index contributed by atoms with van der Waals surface area (Å²) in [6, 6.07) is 13.0. The second kappa shape index (κ2) is 7.92. The van der Waals surface area contributed by atoms with Crippen LogP contribution in [-0.2, 0) is 4.79 Å². The fourth-order valence-electron chi connectivity index (χ4n) is 3.44. The quantitative estimate of drug-likeness (QED) is 0.867. The third-order valence-electron chi connectivity index (χ3n) is 4.71. The van der Waals surface area contributed by atoms with Crippen molar-refractivity contribution >= 4 is 29.1 Å². The Labute approximate surface area is 159 Å². The molecule has 1 saturated heterocycles. The zero-order valence-electron chi connectivity index (χ0n) is 15.1. The predicted octanol–water partition coefficient (Wildman–Crippen LogP) is 4.45. The Balaban J connectivity index is 1.57. The van der Waals surface area contributed by atoms with Gasteiger partial charge in [-0.05, 0) is 68.1 Å². The number of rotatable bonds is 3. The van der Waals surface area contributed by atoms with Crippen LogP contribution in [0.1, 0.15) is 34.3 Å². The molecule has 1 N–H and O–H groups in total. The minimum absolute atomic E-state index is 0.0272. The molecule has 0 spiro atoms. The molecule has 4 nitrogen and oxygen atoms in total. The zero-order valence-corrected chi connectivity index (χ0v) is 15.8. The third-order valence-corrected chi connectivity index (χ3v) is 4.95. The molecule has 0 radical (unpaired) electrons. The molecule has 1 heterocycles. The minimum Gasteiger partial charge on any atom is -0.339 e. The molecule has 2 aromatic rings. The van der Waals surface area contributed by atoms with Crippen molar-refractivity contribution in [3.05, 3.63) is 64.2 Å². The molecule has 136 valence electrons. The molecule has 0 aliphatic carbocycles. The summed E-state index contributed by atoms with van der Waals surface area (Å²) >= 11 is 5.97. The first-order valence-electron chi connectivity index (χ1n) is 8.86. The fraction of sp³-hybridized carbons (Fsp3) is 0.333. The van der Waals surface area contributed by atoms with Gasteiger partial charge in [0.15, 0.2) is 0 Å². The Kier molecular flexibility index (Phi) is 5.62. The minimum atomic E-state index is -0.0702. The molecule has 5 heteroatoms. The zero-order chi connectivity index (χ0) is 18.7. The first-order valence-corrected chi connectivity index (χ1v) is 9.24. The molecule has 3 rings (SSSR count). The number of hydrogen-bond acceptors (Lipinski definition) is 2. The van der Waals surface area contributed by atoms with Crippen LogP contribution in [0.5, 0.6) is 0 Å². The smallest absolute Gasteiger partial charge is 0.253 e. The molecule has 1 fully saturated rings. The molecule has 26 heavy (non-hydrogen) atoms. The number of amides is 2. The number of carbonyl (C=O) groups is 2. The number of nitrogens with zero attached hydrogens (tertiary/aromatic N) is 1. The van der Waals surface area contributed by atoms with Crippen LogP contribution in [0.2, 0.25) is 5.02 Å². The molecule has 0 bridgehead atoms. The highest BCUT2D eigenvalue weighted by molar-refractivity contribution is 6.30. The van der Waals surface area contributed by atoms with Gasteiger partial charge in [0.2, 0.25) is 5.91 Å². The number of anilines is 1. The van der Waals surface area contributed by atoms with Crippen LogP contribution in [-0.4, -0.2) is 29.8 Å². The molecular formula is C21H23ClN2O2. The van der Waals surface area contributed by atoms with E-state index in [9.17, 15) is 9.59 Å². The highest BCUT2D eigenvalue weighted by Gasteiger charge is 2.28. The van der Waals surface area contributed by atoms with E-state index in [4.69, 9.17) is 11.6 Å². The molecular weight excluding hydrogens is 348 g/mol. The number of benzene rings is 2. The van der Waals surface area contributed by atoms with Crippen LogP contribution in [0.4, 0.5) is 5.69 Å². The van der Waals surface area contributed by atoms with Crippen molar-refractivity contribution in [3.8, 4) is 0 Å². The molecule has 1 aliphatic heterocycles. The van der Waals surface area contributed by atoms with Crippen molar-refractivity contribution in [3.63, 3.8) is 0 Å². The van der Waals surface area contributed by atoms with Crippen molar-refractivity contribution in [2.24, 2.45) is 5.92 Å². The first-order chi connectivity index (χ1) is 12.4. The first kappa shape index (κ1) is 18.5. The van der Waals surface area contributed by atoms with Crippen LogP contribution in [0.25, 0.3) is 0 Å². The second-order valence-corrected chi connectivity index (χ2v) is 7.38. The predicted molar refractivity (Wildman–Crippen MR) is 105 cm³/mol. The normalized spacial score (nSPS) is 15.0. The van der Waals surface area contributed by atoms with Gasteiger partial charge in [-0.1, -0.05) is 23.7 Å². The van der Waals surface area contributed by atoms with Crippen LogP contribution in [0, 0.1) is 19.8 Å². The fourth-order valence-corrected chi connectivity index (χ4v) is 3.63. The number of carbonyl (C=O) groups excluding carboxylic acids is 2. The summed E-state index contributed by atoms with van der Waals surface area (Å²) < 4.78 is 0. The van der Waals surface area contributed by atoms with E-state index in [0.29, 0.717) is 36.5 Å². The van der Waals surface area contributed by atoms with Gasteiger partial charge in [0.25, 0.3) is 5.91 Å². The van der Waals surface area contributed by atoms with Crippen LogP contribution in [0.3, 0.4) is 0 Å². The van der Waals surface area contributed by atoms with E-state index in [0.717, 1.165) is 16.8 Å². The summed E-state index contributed by atoms with van der Waals surface area (Å²) in [4.78, 5) is 26.9. The molecule has 2 aromatic carbocycles. The van der Waals surface area contributed by atoms with Gasteiger partial charge >= 0.3 is 0 Å². The van der Waals surface area contributed by atoms with Gasteiger partial charge in [-0.3, -0.25) is 9.59 Å². The summed E-state index contributed by atoms with van der Waals surface area (Å²) in [7, 11) is 0. The van der Waals surface area contributed by atoms with Crippen LogP contribution in [0.15, 0.2) is 42.5 Å². The third kappa shape index (κ3) is 4.44. The lowest BCUT2D eigenvalue weighted by Gasteiger charge is -2.31. The van der Waals surface area contributed by atoms with Gasteiger partial charge in [-0.2, -0.15) is 0 Å². The molecule has 1 aliphatic rings. The Morgan fingerprint density at radius 2 is 1.69 bits per heavy atom. The Bertz CT molecular complexity index is 806. The van der Waals surface area contributed by atoms with E-state index in [1.54, 1.807) is 29.2 Å². The maximum Gasteiger partial charge on any atom is 0.253 e. The number of aryl methyl sites for hydroxylation is 2. The maximum absolute atomic E-state index is 12.6. The van der Waals surface area contributed by atoms with Crippen molar-refractivity contribution in [2.45, 2.75) is 26.7 Å². The van der Waals surface area contributed by atoms with Gasteiger partial charge in [0.1, 0.15) is 0 Å². The second-order valence-electron chi connectivity index (χ2n) is 6.94. The highest BCUT2D eigenvalue weighted by atomic mass is 35.5. The Morgan fingerprint density at radius 1 is 1.04 bits per heavy atom. The van der Waals surface area contributed by atoms with Gasteiger partial charge < -0.3 is 10.2 Å². The summed E-state index contributed by atoms with van der Waals surface area (Å²) in [6.07, 6.45) is 1.34. The maximum atomic E-state index is 12.6. The highest BCUT2D eigenvalue weighted by Crippen LogP contribution is 2.22. The van der Waals surface area contributed by atoms with Crippen LogP contribution >= 0.6 is 11.6 Å². The van der Waals surface area contributed by atoms with E-state index in [-0.39, 0.29) is 17.7 Å². The van der Waals surface area contributed by atoms with Crippen molar-refractivity contribution in [2.75, 3.05) is 18.4 Å². The number of hydrogen-bond donors (Lipinski definition) is 1. The van der Waals surface area contributed by atoms with Crippen molar-refractivity contribution < 1.29 is 9.59 Å². The van der Waals surface area contributed by atoms with E-state index in [1.807, 2.05) is 26.0 Å². The SMILES string of the molecule is Cc1cc(C)cc(NC(=O)C2CCN(C(=O)c3cccc(Cl)c3)CC2)c1. The van der Waals surface area contributed by atoms with E-state index >= 15 is 0 Å². The lowest BCUT2D eigenvalue weighted by atomic mass is 9.95. The number of piperidine rings is 1. The van der Waals surface area contributed by atoms with Crippen LogP contribution < -0.4 is 5.32 Å². The van der Waals surface area contributed by atoms with Gasteiger partial charge in [-0.15, -0.1) is 0 Å². The van der Waals surface area contributed by atoms with E-state index in [2.05, 4.69) is 11.4 Å². The van der Waals surface area contributed by atoms with Gasteiger partial charge in [0, 0.05) is 35.3 Å².